The number of hydrogen-bond acceptors (Lipinski definition) is 10. The van der Waals surface area contributed by atoms with Crippen LogP contribution < -0.4 is 19.5 Å². The summed E-state index contributed by atoms with van der Waals surface area (Å²) in [6.07, 6.45) is 1.13. The van der Waals surface area contributed by atoms with Crippen molar-refractivity contribution in [3.05, 3.63) is 64.5 Å². The smallest absolute Gasteiger partial charge is 0.373 e. The summed E-state index contributed by atoms with van der Waals surface area (Å²) in [5.74, 6) is 0.305. The normalized spacial score (nSPS) is 10.2. The molecule has 11 nitrogen and oxygen atoms in total. The summed E-state index contributed by atoms with van der Waals surface area (Å²) in [5.41, 5.74) is 0.261. The van der Waals surface area contributed by atoms with Gasteiger partial charge in [-0.25, -0.2) is 9.78 Å². The Morgan fingerprint density at radius 2 is 1.71 bits per heavy atom. The highest BCUT2D eigenvalue weighted by Gasteiger charge is 2.26. The third kappa shape index (κ3) is 4.78. The molecule has 11 heteroatoms. The summed E-state index contributed by atoms with van der Waals surface area (Å²) in [6.45, 7) is 0. The Morgan fingerprint density at radius 1 is 1.00 bits per heavy atom. The molecule has 0 spiro atoms. The first-order chi connectivity index (χ1) is 15.0. The van der Waals surface area contributed by atoms with Gasteiger partial charge in [0.05, 0.1) is 37.5 Å². The van der Waals surface area contributed by atoms with E-state index >= 15 is 0 Å². The molecule has 160 valence electrons. The molecule has 0 unspecified atom stereocenters. The zero-order valence-corrected chi connectivity index (χ0v) is 16.8. The zero-order valence-electron chi connectivity index (χ0n) is 16.8. The van der Waals surface area contributed by atoms with E-state index in [4.69, 9.17) is 14.2 Å². The zero-order chi connectivity index (χ0) is 22.4. The van der Waals surface area contributed by atoms with Crippen LogP contribution in [0.15, 0.2) is 48.8 Å². The molecule has 0 saturated heterocycles. The van der Waals surface area contributed by atoms with Gasteiger partial charge in [0.25, 0.3) is 0 Å². The van der Waals surface area contributed by atoms with E-state index in [2.05, 4.69) is 20.0 Å². The van der Waals surface area contributed by atoms with Crippen molar-refractivity contribution in [1.82, 2.24) is 9.97 Å². The number of anilines is 2. The van der Waals surface area contributed by atoms with Gasteiger partial charge in [0.15, 0.2) is 0 Å². The summed E-state index contributed by atoms with van der Waals surface area (Å²) >= 11 is 0. The fourth-order valence-electron chi connectivity index (χ4n) is 2.61. The molecule has 0 radical (unpaired) electrons. The van der Waals surface area contributed by atoms with Crippen LogP contribution in [-0.2, 0) is 4.74 Å². The molecular weight excluding hydrogens is 408 g/mol. The number of carbonyl (C=O) groups is 1. The van der Waals surface area contributed by atoms with Crippen LogP contribution in [0.2, 0.25) is 0 Å². The Balaban J connectivity index is 1.93. The van der Waals surface area contributed by atoms with Crippen LogP contribution in [0.4, 0.5) is 17.2 Å². The van der Waals surface area contributed by atoms with Gasteiger partial charge in [0, 0.05) is 6.07 Å². The van der Waals surface area contributed by atoms with Crippen molar-refractivity contribution in [1.29, 1.82) is 0 Å². The van der Waals surface area contributed by atoms with Crippen LogP contribution >= 0.6 is 0 Å². The molecule has 0 atom stereocenters. The lowest BCUT2D eigenvalue weighted by molar-refractivity contribution is -0.385. The standard InChI is InChI=1S/C20H18N4O7/c1-28-14-8-9-15(16(10-14)29-2)23-18-17(24(26)27)19(22-11-21-18)31-13-6-4-12(5-7-13)20(25)30-3/h4-11H,1-3H3,(H,21,22,23). The van der Waals surface area contributed by atoms with Gasteiger partial charge in [-0.3, -0.25) is 10.1 Å². The largest absolute Gasteiger partial charge is 0.497 e. The maximum atomic E-state index is 11.8. The van der Waals surface area contributed by atoms with Crippen LogP contribution in [0.1, 0.15) is 10.4 Å². The van der Waals surface area contributed by atoms with Crippen molar-refractivity contribution in [2.45, 2.75) is 0 Å². The predicted octanol–water partition coefficient (Wildman–Crippen LogP) is 3.72. The summed E-state index contributed by atoms with van der Waals surface area (Å²) in [7, 11) is 4.24. The molecule has 2 aromatic carbocycles. The maximum absolute atomic E-state index is 11.8. The highest BCUT2D eigenvalue weighted by molar-refractivity contribution is 5.89. The Labute approximate surface area is 176 Å². The number of hydrogen-bond donors (Lipinski definition) is 1. The number of aromatic nitrogens is 2. The molecule has 1 aromatic heterocycles. The summed E-state index contributed by atoms with van der Waals surface area (Å²) < 4.78 is 20.7. The van der Waals surface area contributed by atoms with E-state index in [1.54, 1.807) is 18.2 Å². The van der Waals surface area contributed by atoms with Gasteiger partial charge in [0.2, 0.25) is 5.82 Å². The van der Waals surface area contributed by atoms with Gasteiger partial charge in [0.1, 0.15) is 23.6 Å². The number of nitrogens with one attached hydrogen (secondary N) is 1. The third-order valence-electron chi connectivity index (χ3n) is 4.12. The monoisotopic (exact) mass is 426 g/mol. The van der Waals surface area contributed by atoms with E-state index < -0.39 is 16.6 Å². The fourth-order valence-corrected chi connectivity index (χ4v) is 2.61. The second kappa shape index (κ2) is 9.39. The molecule has 1 N–H and O–H groups in total. The summed E-state index contributed by atoms with van der Waals surface area (Å²) in [6, 6.07) is 10.8. The first-order valence-corrected chi connectivity index (χ1v) is 8.81. The highest BCUT2D eigenvalue weighted by atomic mass is 16.6. The molecule has 0 bridgehead atoms. The Bertz CT molecular complexity index is 1100. The lowest BCUT2D eigenvalue weighted by Gasteiger charge is -2.13. The van der Waals surface area contributed by atoms with Gasteiger partial charge in [-0.05, 0) is 36.4 Å². The molecule has 1 heterocycles. The lowest BCUT2D eigenvalue weighted by Crippen LogP contribution is -2.05. The average molecular weight is 426 g/mol. The van der Waals surface area contributed by atoms with E-state index in [-0.39, 0.29) is 17.4 Å². The number of rotatable bonds is 8. The van der Waals surface area contributed by atoms with Gasteiger partial charge >= 0.3 is 17.5 Å². The van der Waals surface area contributed by atoms with Gasteiger partial charge in [-0.1, -0.05) is 0 Å². The molecule has 31 heavy (non-hydrogen) atoms. The number of ether oxygens (including phenoxy) is 4. The molecular formula is C20H18N4O7. The minimum Gasteiger partial charge on any atom is -0.497 e. The van der Waals surface area contributed by atoms with Gasteiger partial charge < -0.3 is 24.3 Å². The summed E-state index contributed by atoms with van der Waals surface area (Å²) in [4.78, 5) is 30.5. The molecule has 3 aromatic rings. The Hall–Kier alpha value is -4.41. The number of benzene rings is 2. The van der Waals surface area contributed by atoms with Crippen molar-refractivity contribution in [3.8, 4) is 23.1 Å². The second-order valence-corrected chi connectivity index (χ2v) is 5.94. The van der Waals surface area contributed by atoms with E-state index in [1.165, 1.54) is 45.6 Å². The van der Waals surface area contributed by atoms with Crippen molar-refractivity contribution in [3.63, 3.8) is 0 Å². The van der Waals surface area contributed by atoms with E-state index in [0.29, 0.717) is 22.7 Å². The first kappa shape index (κ1) is 21.3. The van der Waals surface area contributed by atoms with Crippen LogP contribution in [0.5, 0.6) is 23.1 Å². The minimum atomic E-state index is -0.656. The first-order valence-electron chi connectivity index (χ1n) is 8.81. The second-order valence-electron chi connectivity index (χ2n) is 5.94. The number of nitrogens with zero attached hydrogens (tertiary/aromatic N) is 3. The molecule has 0 fully saturated rings. The number of esters is 1. The predicted molar refractivity (Wildman–Crippen MR) is 109 cm³/mol. The third-order valence-corrected chi connectivity index (χ3v) is 4.12. The topological polar surface area (TPSA) is 135 Å². The van der Waals surface area contributed by atoms with E-state index in [0.717, 1.165) is 6.33 Å². The maximum Gasteiger partial charge on any atom is 0.373 e. The van der Waals surface area contributed by atoms with Crippen LogP contribution in [-0.4, -0.2) is 42.2 Å². The minimum absolute atomic E-state index is 0.0929. The SMILES string of the molecule is COC(=O)c1ccc(Oc2ncnc(Nc3ccc(OC)cc3OC)c2[N+](=O)[O-])cc1. The van der Waals surface area contributed by atoms with E-state index in [1.807, 2.05) is 0 Å². The number of methoxy groups -OCH3 is 3. The number of nitro groups is 1. The molecule has 3 rings (SSSR count). The van der Waals surface area contributed by atoms with Gasteiger partial charge in [-0.15, -0.1) is 0 Å². The quantitative estimate of drug-likeness (QED) is 0.322. The van der Waals surface area contributed by atoms with Gasteiger partial charge in [-0.2, -0.15) is 4.98 Å². The molecule has 0 aliphatic heterocycles. The van der Waals surface area contributed by atoms with Crippen molar-refractivity contribution >= 4 is 23.2 Å². The van der Waals surface area contributed by atoms with Crippen molar-refractivity contribution in [2.75, 3.05) is 26.6 Å². The van der Waals surface area contributed by atoms with Crippen LogP contribution in [0.3, 0.4) is 0 Å². The average Bonchev–Trinajstić information content (AvgIpc) is 2.79. The molecule has 0 aliphatic carbocycles. The highest BCUT2D eigenvalue weighted by Crippen LogP contribution is 2.38. The van der Waals surface area contributed by atoms with E-state index in [9.17, 15) is 14.9 Å². The Kier molecular flexibility index (Phi) is 6.45. The van der Waals surface area contributed by atoms with Crippen molar-refractivity contribution < 1.29 is 28.7 Å². The molecule has 0 saturated carbocycles. The molecule has 0 amide bonds. The lowest BCUT2D eigenvalue weighted by atomic mass is 10.2. The van der Waals surface area contributed by atoms with Crippen LogP contribution in [0.25, 0.3) is 0 Å². The van der Waals surface area contributed by atoms with Crippen molar-refractivity contribution in [2.24, 2.45) is 0 Å². The summed E-state index contributed by atoms with van der Waals surface area (Å²) in [5, 5.41) is 14.6. The van der Waals surface area contributed by atoms with Crippen LogP contribution in [0, 0.1) is 10.1 Å². The fraction of sp³-hybridized carbons (Fsp3) is 0.150. The molecule has 0 aliphatic rings. The Morgan fingerprint density at radius 3 is 2.32 bits per heavy atom. The number of carbonyl (C=O) groups excluding carboxylic acids is 1.